The van der Waals surface area contributed by atoms with Gasteiger partial charge in [0.2, 0.25) is 0 Å². The Hall–Kier alpha value is -1.06. The maximum atomic E-state index is 5.64. The van der Waals surface area contributed by atoms with Crippen LogP contribution < -0.4 is 10.1 Å². The van der Waals surface area contributed by atoms with E-state index in [1.807, 2.05) is 12.1 Å². The molecule has 2 rings (SSSR count). The summed E-state index contributed by atoms with van der Waals surface area (Å²) in [4.78, 5) is 0. The van der Waals surface area contributed by atoms with E-state index in [1.165, 1.54) is 5.56 Å². The van der Waals surface area contributed by atoms with Crippen molar-refractivity contribution in [1.82, 2.24) is 5.32 Å². The van der Waals surface area contributed by atoms with Gasteiger partial charge in [0.25, 0.3) is 0 Å². The number of benzene rings is 1. The Morgan fingerprint density at radius 3 is 2.94 bits per heavy atom. The summed E-state index contributed by atoms with van der Waals surface area (Å²) in [5.41, 5.74) is 1.27. The van der Waals surface area contributed by atoms with Crippen LogP contribution in [0.3, 0.4) is 0 Å². The van der Waals surface area contributed by atoms with Crippen molar-refractivity contribution >= 4 is 0 Å². The Morgan fingerprint density at radius 2 is 2.24 bits per heavy atom. The molecule has 1 N–H and O–H groups in total. The molecular formula is C14H21NO2. The van der Waals surface area contributed by atoms with Crippen LogP contribution in [0.25, 0.3) is 0 Å². The van der Waals surface area contributed by atoms with Crippen molar-refractivity contribution in [3.63, 3.8) is 0 Å². The third-order valence-electron chi connectivity index (χ3n) is 3.23. The van der Waals surface area contributed by atoms with Crippen molar-refractivity contribution in [2.75, 3.05) is 20.3 Å². The molecule has 0 saturated carbocycles. The van der Waals surface area contributed by atoms with Gasteiger partial charge in [0.15, 0.2) is 0 Å². The summed E-state index contributed by atoms with van der Waals surface area (Å²) >= 11 is 0. The highest BCUT2D eigenvalue weighted by Crippen LogP contribution is 2.19. The predicted octanol–water partition coefficient (Wildman–Crippen LogP) is 2.00. The number of methoxy groups -OCH3 is 1. The minimum absolute atomic E-state index is 0.345. The monoisotopic (exact) mass is 235 g/mol. The topological polar surface area (TPSA) is 30.5 Å². The van der Waals surface area contributed by atoms with Gasteiger partial charge in [0.1, 0.15) is 5.75 Å². The van der Waals surface area contributed by atoms with Gasteiger partial charge in [-0.05, 0) is 31.4 Å². The molecule has 1 saturated heterocycles. The molecule has 1 aromatic rings. The summed E-state index contributed by atoms with van der Waals surface area (Å²) in [7, 11) is 1.72. The van der Waals surface area contributed by atoms with Crippen molar-refractivity contribution in [3.8, 4) is 5.75 Å². The third-order valence-corrected chi connectivity index (χ3v) is 3.23. The average Bonchev–Trinajstić information content (AvgIpc) is 2.38. The molecule has 2 atom stereocenters. The maximum Gasteiger partial charge on any atom is 0.122 e. The van der Waals surface area contributed by atoms with E-state index in [4.69, 9.17) is 9.47 Å². The van der Waals surface area contributed by atoms with Crippen molar-refractivity contribution in [2.45, 2.75) is 31.9 Å². The van der Waals surface area contributed by atoms with E-state index >= 15 is 0 Å². The lowest BCUT2D eigenvalue weighted by Gasteiger charge is -2.28. The van der Waals surface area contributed by atoms with Gasteiger partial charge in [-0.1, -0.05) is 18.2 Å². The Labute approximate surface area is 103 Å². The van der Waals surface area contributed by atoms with E-state index in [9.17, 15) is 0 Å². The summed E-state index contributed by atoms with van der Waals surface area (Å²) in [5, 5.41) is 3.51. The molecule has 0 amide bonds. The molecule has 0 spiro atoms. The molecule has 1 aliphatic rings. The number of aryl methyl sites for hydroxylation is 1. The van der Waals surface area contributed by atoms with Crippen LogP contribution in [-0.4, -0.2) is 32.4 Å². The molecule has 3 nitrogen and oxygen atoms in total. The maximum absolute atomic E-state index is 5.64. The van der Waals surface area contributed by atoms with Gasteiger partial charge in [-0.2, -0.15) is 0 Å². The molecular weight excluding hydrogens is 214 g/mol. The first-order valence-electron chi connectivity index (χ1n) is 6.26. The van der Waals surface area contributed by atoms with Crippen molar-refractivity contribution in [2.24, 2.45) is 0 Å². The zero-order chi connectivity index (χ0) is 12.1. The number of para-hydroxylation sites is 1. The second-order valence-corrected chi connectivity index (χ2v) is 4.60. The van der Waals surface area contributed by atoms with Crippen LogP contribution in [0.15, 0.2) is 24.3 Å². The van der Waals surface area contributed by atoms with Gasteiger partial charge in [0.05, 0.1) is 19.8 Å². The first-order valence-corrected chi connectivity index (χ1v) is 6.26. The highest BCUT2D eigenvalue weighted by atomic mass is 16.5. The minimum Gasteiger partial charge on any atom is -0.496 e. The SMILES string of the molecule is COc1ccccc1CCC1COC(C)CN1. The van der Waals surface area contributed by atoms with E-state index < -0.39 is 0 Å². The molecule has 0 radical (unpaired) electrons. The number of rotatable bonds is 4. The number of hydrogen-bond acceptors (Lipinski definition) is 3. The largest absolute Gasteiger partial charge is 0.496 e. The summed E-state index contributed by atoms with van der Waals surface area (Å²) < 4.78 is 11.0. The summed E-state index contributed by atoms with van der Waals surface area (Å²) in [6, 6.07) is 8.68. The quantitative estimate of drug-likeness (QED) is 0.866. The smallest absolute Gasteiger partial charge is 0.122 e. The summed E-state index contributed by atoms with van der Waals surface area (Å²) in [6.45, 7) is 3.87. The lowest BCUT2D eigenvalue weighted by Crippen LogP contribution is -2.45. The van der Waals surface area contributed by atoms with Crippen LogP contribution in [0.2, 0.25) is 0 Å². The second-order valence-electron chi connectivity index (χ2n) is 4.60. The second kappa shape index (κ2) is 6.03. The molecule has 0 bridgehead atoms. The first-order chi connectivity index (χ1) is 8.29. The van der Waals surface area contributed by atoms with E-state index in [-0.39, 0.29) is 0 Å². The molecule has 2 unspecified atom stereocenters. The molecule has 1 fully saturated rings. The number of ether oxygens (including phenoxy) is 2. The van der Waals surface area contributed by atoms with Gasteiger partial charge in [0, 0.05) is 12.6 Å². The van der Waals surface area contributed by atoms with Crippen LogP contribution >= 0.6 is 0 Å². The van der Waals surface area contributed by atoms with Crippen molar-refractivity contribution in [1.29, 1.82) is 0 Å². The fourth-order valence-electron chi connectivity index (χ4n) is 2.16. The molecule has 94 valence electrons. The fraction of sp³-hybridized carbons (Fsp3) is 0.571. The lowest BCUT2D eigenvalue weighted by atomic mass is 10.0. The Balaban J connectivity index is 1.85. The molecule has 1 aromatic carbocycles. The van der Waals surface area contributed by atoms with Gasteiger partial charge in [-0.3, -0.25) is 0 Å². The summed E-state index contributed by atoms with van der Waals surface area (Å²) in [5.74, 6) is 0.984. The van der Waals surface area contributed by atoms with Gasteiger partial charge < -0.3 is 14.8 Å². The van der Waals surface area contributed by atoms with Gasteiger partial charge >= 0.3 is 0 Å². The highest BCUT2D eigenvalue weighted by Gasteiger charge is 2.17. The van der Waals surface area contributed by atoms with Crippen LogP contribution in [0.5, 0.6) is 5.75 Å². The zero-order valence-corrected chi connectivity index (χ0v) is 10.6. The van der Waals surface area contributed by atoms with Gasteiger partial charge in [-0.25, -0.2) is 0 Å². The van der Waals surface area contributed by atoms with Crippen LogP contribution in [0, 0.1) is 0 Å². The molecule has 1 heterocycles. The normalized spacial score (nSPS) is 24.6. The number of nitrogens with one attached hydrogen (secondary N) is 1. The number of hydrogen-bond donors (Lipinski definition) is 1. The Morgan fingerprint density at radius 1 is 1.41 bits per heavy atom. The van der Waals surface area contributed by atoms with E-state index in [0.717, 1.165) is 31.7 Å². The van der Waals surface area contributed by atoms with Gasteiger partial charge in [-0.15, -0.1) is 0 Å². The number of morpholine rings is 1. The fourth-order valence-corrected chi connectivity index (χ4v) is 2.16. The van der Waals surface area contributed by atoms with E-state index in [0.29, 0.717) is 12.1 Å². The van der Waals surface area contributed by atoms with Crippen LogP contribution in [-0.2, 0) is 11.2 Å². The van der Waals surface area contributed by atoms with Crippen molar-refractivity contribution < 1.29 is 9.47 Å². The Kier molecular flexibility index (Phi) is 4.40. The average molecular weight is 235 g/mol. The van der Waals surface area contributed by atoms with Crippen LogP contribution in [0.4, 0.5) is 0 Å². The summed E-state index contributed by atoms with van der Waals surface area (Å²) in [6.07, 6.45) is 2.46. The minimum atomic E-state index is 0.345. The van der Waals surface area contributed by atoms with E-state index in [1.54, 1.807) is 7.11 Å². The lowest BCUT2D eigenvalue weighted by molar-refractivity contribution is 0.0136. The van der Waals surface area contributed by atoms with E-state index in [2.05, 4.69) is 24.4 Å². The first kappa shape index (κ1) is 12.4. The molecule has 0 aromatic heterocycles. The Bertz CT molecular complexity index is 346. The van der Waals surface area contributed by atoms with Crippen LogP contribution in [0.1, 0.15) is 18.9 Å². The molecule has 3 heteroatoms. The standard InChI is InChI=1S/C14H21NO2/c1-11-9-15-13(10-17-11)8-7-12-5-3-4-6-14(12)16-2/h3-6,11,13,15H,7-10H2,1-2H3. The zero-order valence-electron chi connectivity index (χ0n) is 10.6. The highest BCUT2D eigenvalue weighted by molar-refractivity contribution is 5.33. The predicted molar refractivity (Wildman–Crippen MR) is 68.5 cm³/mol. The molecule has 17 heavy (non-hydrogen) atoms. The van der Waals surface area contributed by atoms with Crippen molar-refractivity contribution in [3.05, 3.63) is 29.8 Å². The third kappa shape index (κ3) is 3.45. The molecule has 0 aliphatic carbocycles. The molecule has 1 aliphatic heterocycles.